The van der Waals surface area contributed by atoms with Crippen LogP contribution in [0.2, 0.25) is 0 Å². The molecule has 1 aliphatic rings. The topological polar surface area (TPSA) is 0 Å². The quantitative estimate of drug-likeness (QED) is 0.450. The smallest absolute Gasteiger partial charge is 0.0173 e. The molecule has 1 aliphatic carbocycles. The van der Waals surface area contributed by atoms with Gasteiger partial charge in [-0.25, -0.2) is 0 Å². The number of hydrogen-bond acceptors (Lipinski definition) is 0. The van der Waals surface area contributed by atoms with Crippen LogP contribution < -0.4 is 0 Å². The number of allylic oxidation sites excluding steroid dienone is 2. The van der Waals surface area contributed by atoms with E-state index in [4.69, 9.17) is 0 Å². The standard InChI is InChI=1S/C10H18/c1-8-5-6-9(7-8)10(2,3)4/h7-8H,5-6H2,1-4H3. The Kier molecular flexibility index (Phi) is 1.89. The lowest BCUT2D eigenvalue weighted by molar-refractivity contribution is 0.488. The summed E-state index contributed by atoms with van der Waals surface area (Å²) in [6.07, 6.45) is 5.14. The predicted octanol–water partition coefficient (Wildman–Crippen LogP) is 3.39. The summed E-state index contributed by atoms with van der Waals surface area (Å²) in [5, 5.41) is 0. The van der Waals surface area contributed by atoms with Gasteiger partial charge in [-0.05, 0) is 24.2 Å². The van der Waals surface area contributed by atoms with Gasteiger partial charge in [-0.3, -0.25) is 0 Å². The summed E-state index contributed by atoms with van der Waals surface area (Å²) < 4.78 is 0. The molecule has 58 valence electrons. The molecule has 0 saturated carbocycles. The molecule has 0 spiro atoms. The van der Waals surface area contributed by atoms with E-state index in [1.807, 2.05) is 0 Å². The van der Waals surface area contributed by atoms with Crippen molar-refractivity contribution >= 4 is 0 Å². The first-order valence-electron chi connectivity index (χ1n) is 4.21. The predicted molar refractivity (Wildman–Crippen MR) is 45.9 cm³/mol. The van der Waals surface area contributed by atoms with Crippen LogP contribution in [0.1, 0.15) is 40.5 Å². The van der Waals surface area contributed by atoms with Gasteiger partial charge in [0.25, 0.3) is 0 Å². The van der Waals surface area contributed by atoms with Crippen molar-refractivity contribution in [1.82, 2.24) is 0 Å². The molecule has 1 unspecified atom stereocenters. The van der Waals surface area contributed by atoms with Crippen LogP contribution in [0.25, 0.3) is 0 Å². The van der Waals surface area contributed by atoms with Crippen LogP contribution in [-0.2, 0) is 0 Å². The van der Waals surface area contributed by atoms with Crippen LogP contribution in [0.15, 0.2) is 11.6 Å². The minimum atomic E-state index is 0.421. The molecule has 0 fully saturated rings. The highest BCUT2D eigenvalue weighted by Crippen LogP contribution is 2.36. The van der Waals surface area contributed by atoms with E-state index >= 15 is 0 Å². The highest BCUT2D eigenvalue weighted by Gasteiger charge is 2.21. The van der Waals surface area contributed by atoms with Gasteiger partial charge >= 0.3 is 0 Å². The minimum absolute atomic E-state index is 0.421. The van der Waals surface area contributed by atoms with Crippen LogP contribution in [-0.4, -0.2) is 0 Å². The van der Waals surface area contributed by atoms with Crippen LogP contribution in [0.3, 0.4) is 0 Å². The fourth-order valence-corrected chi connectivity index (χ4v) is 1.52. The maximum atomic E-state index is 2.44. The molecule has 0 aromatic rings. The van der Waals surface area contributed by atoms with Gasteiger partial charge in [0.2, 0.25) is 0 Å². The Balaban J connectivity index is 2.67. The Hall–Kier alpha value is -0.260. The molecule has 1 atom stereocenters. The first kappa shape index (κ1) is 7.84. The Morgan fingerprint density at radius 1 is 1.40 bits per heavy atom. The minimum Gasteiger partial charge on any atom is -0.0819 e. The van der Waals surface area contributed by atoms with Gasteiger partial charge in [-0.1, -0.05) is 39.3 Å². The molecule has 0 heterocycles. The van der Waals surface area contributed by atoms with Gasteiger partial charge < -0.3 is 0 Å². The van der Waals surface area contributed by atoms with Crippen molar-refractivity contribution in [2.75, 3.05) is 0 Å². The average molecular weight is 138 g/mol. The first-order chi connectivity index (χ1) is 4.50. The normalized spacial score (nSPS) is 26.8. The Labute approximate surface area is 64.3 Å². The van der Waals surface area contributed by atoms with Crippen molar-refractivity contribution < 1.29 is 0 Å². The van der Waals surface area contributed by atoms with E-state index in [-0.39, 0.29) is 0 Å². The Bertz CT molecular complexity index is 146. The molecule has 0 radical (unpaired) electrons. The zero-order chi connectivity index (χ0) is 7.78. The van der Waals surface area contributed by atoms with Crippen molar-refractivity contribution in [2.45, 2.75) is 40.5 Å². The Morgan fingerprint density at radius 3 is 2.20 bits per heavy atom. The van der Waals surface area contributed by atoms with E-state index in [1.165, 1.54) is 12.8 Å². The molecule has 10 heavy (non-hydrogen) atoms. The molecule has 0 aromatic heterocycles. The molecule has 0 saturated heterocycles. The third-order valence-electron chi connectivity index (χ3n) is 2.32. The second-order valence-electron chi connectivity index (χ2n) is 4.46. The zero-order valence-corrected chi connectivity index (χ0v) is 7.57. The molecule has 1 rings (SSSR count). The van der Waals surface area contributed by atoms with Gasteiger partial charge in [0.1, 0.15) is 0 Å². The summed E-state index contributed by atoms with van der Waals surface area (Å²) in [6.45, 7) is 9.21. The van der Waals surface area contributed by atoms with Gasteiger partial charge in [0, 0.05) is 0 Å². The summed E-state index contributed by atoms with van der Waals surface area (Å²) >= 11 is 0. The lowest BCUT2D eigenvalue weighted by Gasteiger charge is -2.19. The SMILES string of the molecule is CC1C=C(C(C)(C)C)CC1. The van der Waals surface area contributed by atoms with E-state index in [1.54, 1.807) is 5.57 Å². The molecular weight excluding hydrogens is 120 g/mol. The second kappa shape index (κ2) is 2.41. The largest absolute Gasteiger partial charge is 0.0819 e. The number of rotatable bonds is 0. The van der Waals surface area contributed by atoms with Crippen molar-refractivity contribution in [1.29, 1.82) is 0 Å². The summed E-state index contributed by atoms with van der Waals surface area (Å²) in [5.41, 5.74) is 2.07. The van der Waals surface area contributed by atoms with Crippen molar-refractivity contribution in [3.63, 3.8) is 0 Å². The first-order valence-corrected chi connectivity index (χ1v) is 4.21. The van der Waals surface area contributed by atoms with Gasteiger partial charge in [-0.15, -0.1) is 0 Å². The summed E-state index contributed by atoms with van der Waals surface area (Å²) in [4.78, 5) is 0. The van der Waals surface area contributed by atoms with Crippen molar-refractivity contribution in [3.8, 4) is 0 Å². The third kappa shape index (κ3) is 1.62. The summed E-state index contributed by atoms with van der Waals surface area (Å²) in [5.74, 6) is 0.828. The maximum Gasteiger partial charge on any atom is -0.0173 e. The monoisotopic (exact) mass is 138 g/mol. The maximum absolute atomic E-state index is 2.44. The molecular formula is C10H18. The number of hydrogen-bond donors (Lipinski definition) is 0. The fraction of sp³-hybridized carbons (Fsp3) is 0.800. The van der Waals surface area contributed by atoms with Crippen LogP contribution in [0.5, 0.6) is 0 Å². The lowest BCUT2D eigenvalue weighted by Crippen LogP contribution is -2.06. The van der Waals surface area contributed by atoms with Crippen LogP contribution in [0, 0.1) is 11.3 Å². The zero-order valence-electron chi connectivity index (χ0n) is 7.57. The van der Waals surface area contributed by atoms with E-state index in [0.717, 1.165) is 5.92 Å². The van der Waals surface area contributed by atoms with Gasteiger partial charge in [0.05, 0.1) is 0 Å². The van der Waals surface area contributed by atoms with Gasteiger partial charge in [0.15, 0.2) is 0 Å². The van der Waals surface area contributed by atoms with Crippen molar-refractivity contribution in [3.05, 3.63) is 11.6 Å². The third-order valence-corrected chi connectivity index (χ3v) is 2.32. The molecule has 0 bridgehead atoms. The average Bonchev–Trinajstić information content (AvgIpc) is 2.11. The van der Waals surface area contributed by atoms with Crippen LogP contribution >= 0.6 is 0 Å². The molecule has 0 N–H and O–H groups in total. The van der Waals surface area contributed by atoms with E-state index in [2.05, 4.69) is 33.8 Å². The molecule has 0 aliphatic heterocycles. The highest BCUT2D eigenvalue weighted by atomic mass is 14.3. The molecule has 0 nitrogen and oxygen atoms in total. The van der Waals surface area contributed by atoms with Crippen LogP contribution in [0.4, 0.5) is 0 Å². The van der Waals surface area contributed by atoms with E-state index in [0.29, 0.717) is 5.41 Å². The Morgan fingerprint density at radius 2 is 2.00 bits per heavy atom. The lowest BCUT2D eigenvalue weighted by atomic mass is 9.86. The van der Waals surface area contributed by atoms with E-state index < -0.39 is 0 Å². The molecule has 0 amide bonds. The van der Waals surface area contributed by atoms with Crippen molar-refractivity contribution in [2.24, 2.45) is 11.3 Å². The summed E-state index contributed by atoms with van der Waals surface area (Å²) in [7, 11) is 0. The van der Waals surface area contributed by atoms with Gasteiger partial charge in [-0.2, -0.15) is 0 Å². The second-order valence-corrected chi connectivity index (χ2v) is 4.46. The molecule has 0 aromatic carbocycles. The summed E-state index contributed by atoms with van der Waals surface area (Å²) in [6, 6.07) is 0. The van der Waals surface area contributed by atoms with E-state index in [9.17, 15) is 0 Å². The highest BCUT2D eigenvalue weighted by molar-refractivity contribution is 5.16. The fourth-order valence-electron chi connectivity index (χ4n) is 1.52. The molecule has 0 heteroatoms.